The molecule has 0 spiro atoms. The first-order valence-electron chi connectivity index (χ1n) is 4.91. The number of nitrogens with zero attached hydrogens (tertiary/aromatic N) is 2. The van der Waals surface area contributed by atoms with Crippen molar-refractivity contribution in [2.24, 2.45) is 5.73 Å². The summed E-state index contributed by atoms with van der Waals surface area (Å²) >= 11 is 5.85. The fraction of sp³-hybridized carbons (Fsp3) is 0.500. The van der Waals surface area contributed by atoms with Gasteiger partial charge in [-0.05, 0) is 6.42 Å². The molecule has 1 aromatic rings. The highest BCUT2D eigenvalue weighted by molar-refractivity contribution is 6.30. The summed E-state index contributed by atoms with van der Waals surface area (Å²) in [4.78, 5) is 6.27. The fourth-order valence-corrected chi connectivity index (χ4v) is 1.94. The second-order valence-corrected chi connectivity index (χ2v) is 4.04. The SMILES string of the molecule is COc1cc(N2CC[C@H](N)C2)cnc1Cl. The highest BCUT2D eigenvalue weighted by Gasteiger charge is 2.20. The standard InChI is InChI=1S/C10H14ClN3O/c1-15-9-4-8(5-13-10(9)11)14-3-2-7(12)6-14/h4-5,7H,2-3,6,12H2,1H3/t7-/m0/s1. The van der Waals surface area contributed by atoms with Crippen LogP contribution in [0.3, 0.4) is 0 Å². The first kappa shape index (κ1) is 10.5. The van der Waals surface area contributed by atoms with Gasteiger partial charge in [0.25, 0.3) is 0 Å². The van der Waals surface area contributed by atoms with E-state index < -0.39 is 0 Å². The zero-order valence-corrected chi connectivity index (χ0v) is 9.37. The number of aromatic nitrogens is 1. The number of methoxy groups -OCH3 is 1. The lowest BCUT2D eigenvalue weighted by atomic mass is 10.3. The number of hydrogen-bond donors (Lipinski definition) is 1. The maximum atomic E-state index is 5.85. The molecular weight excluding hydrogens is 214 g/mol. The molecule has 0 aliphatic carbocycles. The summed E-state index contributed by atoms with van der Waals surface area (Å²) in [6.07, 6.45) is 2.77. The lowest BCUT2D eigenvalue weighted by molar-refractivity contribution is 0.413. The largest absolute Gasteiger partial charge is 0.493 e. The highest BCUT2D eigenvalue weighted by Crippen LogP contribution is 2.28. The van der Waals surface area contributed by atoms with Crippen molar-refractivity contribution >= 4 is 17.3 Å². The van der Waals surface area contributed by atoms with Gasteiger partial charge < -0.3 is 15.4 Å². The average molecular weight is 228 g/mol. The molecule has 2 rings (SSSR count). The zero-order valence-electron chi connectivity index (χ0n) is 8.61. The van der Waals surface area contributed by atoms with Crippen molar-refractivity contribution in [3.63, 3.8) is 0 Å². The monoisotopic (exact) mass is 227 g/mol. The second kappa shape index (κ2) is 4.24. The molecule has 82 valence electrons. The van der Waals surface area contributed by atoms with E-state index in [2.05, 4.69) is 9.88 Å². The minimum atomic E-state index is 0.256. The number of hydrogen-bond acceptors (Lipinski definition) is 4. The van der Waals surface area contributed by atoms with Crippen LogP contribution in [-0.4, -0.2) is 31.2 Å². The molecule has 1 saturated heterocycles. The van der Waals surface area contributed by atoms with E-state index >= 15 is 0 Å². The fourth-order valence-electron chi connectivity index (χ4n) is 1.76. The van der Waals surface area contributed by atoms with E-state index in [-0.39, 0.29) is 6.04 Å². The molecule has 1 fully saturated rings. The van der Waals surface area contributed by atoms with Gasteiger partial charge in [0, 0.05) is 25.2 Å². The van der Waals surface area contributed by atoms with Crippen LogP contribution in [0.2, 0.25) is 5.15 Å². The Hall–Kier alpha value is -1.00. The Bertz CT molecular complexity index is 359. The first-order chi connectivity index (χ1) is 7.20. The van der Waals surface area contributed by atoms with Crippen LogP contribution in [0.25, 0.3) is 0 Å². The lowest BCUT2D eigenvalue weighted by Crippen LogP contribution is -2.26. The van der Waals surface area contributed by atoms with Gasteiger partial charge in [-0.2, -0.15) is 0 Å². The number of ether oxygens (including phenoxy) is 1. The Morgan fingerprint density at radius 2 is 2.47 bits per heavy atom. The van der Waals surface area contributed by atoms with Gasteiger partial charge in [0.2, 0.25) is 0 Å². The van der Waals surface area contributed by atoms with Crippen LogP contribution in [0.4, 0.5) is 5.69 Å². The van der Waals surface area contributed by atoms with Crippen LogP contribution in [0.1, 0.15) is 6.42 Å². The molecule has 0 aromatic carbocycles. The molecule has 1 atom stereocenters. The Kier molecular flexibility index (Phi) is 2.98. The van der Waals surface area contributed by atoms with Gasteiger partial charge in [-0.1, -0.05) is 11.6 Å². The summed E-state index contributed by atoms with van der Waals surface area (Å²) in [5.41, 5.74) is 6.86. The van der Waals surface area contributed by atoms with Crippen LogP contribution >= 0.6 is 11.6 Å². The molecule has 0 bridgehead atoms. The van der Waals surface area contributed by atoms with E-state index in [0.29, 0.717) is 10.9 Å². The molecular formula is C10H14ClN3O. The quantitative estimate of drug-likeness (QED) is 0.774. The predicted molar refractivity (Wildman–Crippen MR) is 60.6 cm³/mol. The van der Waals surface area contributed by atoms with Crippen LogP contribution < -0.4 is 15.4 Å². The molecule has 0 amide bonds. The van der Waals surface area contributed by atoms with E-state index in [1.807, 2.05) is 6.07 Å². The molecule has 4 nitrogen and oxygen atoms in total. The number of nitrogens with two attached hydrogens (primary N) is 1. The highest BCUT2D eigenvalue weighted by atomic mass is 35.5. The van der Waals surface area contributed by atoms with Crippen LogP contribution in [-0.2, 0) is 0 Å². The molecule has 15 heavy (non-hydrogen) atoms. The summed E-state index contributed by atoms with van der Waals surface area (Å²) in [5.74, 6) is 0.606. The third-order valence-corrected chi connectivity index (χ3v) is 2.89. The molecule has 2 N–H and O–H groups in total. The second-order valence-electron chi connectivity index (χ2n) is 3.68. The summed E-state index contributed by atoms with van der Waals surface area (Å²) < 4.78 is 5.12. The summed E-state index contributed by atoms with van der Waals surface area (Å²) in [5, 5.41) is 0.393. The van der Waals surface area contributed by atoms with Crippen LogP contribution in [0.5, 0.6) is 5.75 Å². The Morgan fingerprint density at radius 3 is 3.07 bits per heavy atom. The molecule has 5 heteroatoms. The van der Waals surface area contributed by atoms with Crippen molar-refractivity contribution < 1.29 is 4.74 Å². The smallest absolute Gasteiger partial charge is 0.171 e. The maximum Gasteiger partial charge on any atom is 0.171 e. The Morgan fingerprint density at radius 1 is 1.67 bits per heavy atom. The van der Waals surface area contributed by atoms with Gasteiger partial charge in [0.05, 0.1) is 19.0 Å². The molecule has 1 aliphatic heterocycles. The van der Waals surface area contributed by atoms with E-state index in [0.717, 1.165) is 25.2 Å². The van der Waals surface area contributed by atoms with E-state index in [1.165, 1.54) is 0 Å². The predicted octanol–water partition coefficient (Wildman–Crippen LogP) is 1.28. The average Bonchev–Trinajstić information content (AvgIpc) is 2.66. The third kappa shape index (κ3) is 2.16. The molecule has 0 saturated carbocycles. The van der Waals surface area contributed by atoms with Gasteiger partial charge in [0.15, 0.2) is 10.9 Å². The van der Waals surface area contributed by atoms with Crippen LogP contribution in [0, 0.1) is 0 Å². The van der Waals surface area contributed by atoms with E-state index in [4.69, 9.17) is 22.1 Å². The number of halogens is 1. The minimum Gasteiger partial charge on any atom is -0.493 e. The van der Waals surface area contributed by atoms with Crippen molar-refractivity contribution in [3.05, 3.63) is 17.4 Å². The summed E-state index contributed by atoms with van der Waals surface area (Å²) in [6.45, 7) is 1.83. The first-order valence-corrected chi connectivity index (χ1v) is 5.28. The molecule has 1 aliphatic rings. The number of rotatable bonds is 2. The van der Waals surface area contributed by atoms with E-state index in [1.54, 1.807) is 13.3 Å². The molecule has 1 aromatic heterocycles. The third-order valence-electron chi connectivity index (χ3n) is 2.60. The van der Waals surface area contributed by atoms with Crippen molar-refractivity contribution in [1.82, 2.24) is 4.98 Å². The molecule has 0 radical (unpaired) electrons. The number of anilines is 1. The van der Waals surface area contributed by atoms with Gasteiger partial charge in [0.1, 0.15) is 0 Å². The van der Waals surface area contributed by atoms with Gasteiger partial charge >= 0.3 is 0 Å². The maximum absolute atomic E-state index is 5.85. The van der Waals surface area contributed by atoms with Crippen molar-refractivity contribution in [2.75, 3.05) is 25.1 Å². The molecule has 0 unspecified atom stereocenters. The summed E-state index contributed by atoms with van der Waals surface area (Å²) in [7, 11) is 1.59. The molecule has 2 heterocycles. The minimum absolute atomic E-state index is 0.256. The Labute approximate surface area is 94.0 Å². The van der Waals surface area contributed by atoms with Crippen molar-refractivity contribution in [2.45, 2.75) is 12.5 Å². The van der Waals surface area contributed by atoms with Crippen LogP contribution in [0.15, 0.2) is 12.3 Å². The summed E-state index contributed by atoms with van der Waals surface area (Å²) in [6, 6.07) is 2.15. The van der Waals surface area contributed by atoms with Crippen molar-refractivity contribution in [3.8, 4) is 5.75 Å². The van der Waals surface area contributed by atoms with Gasteiger partial charge in [-0.3, -0.25) is 0 Å². The normalized spacial score (nSPS) is 20.7. The zero-order chi connectivity index (χ0) is 10.8. The topological polar surface area (TPSA) is 51.4 Å². The van der Waals surface area contributed by atoms with Gasteiger partial charge in [-0.25, -0.2) is 4.98 Å². The number of pyridine rings is 1. The lowest BCUT2D eigenvalue weighted by Gasteiger charge is -2.18. The van der Waals surface area contributed by atoms with E-state index in [9.17, 15) is 0 Å². The Balaban J connectivity index is 2.21. The van der Waals surface area contributed by atoms with Crippen molar-refractivity contribution in [1.29, 1.82) is 0 Å². The van der Waals surface area contributed by atoms with Gasteiger partial charge in [-0.15, -0.1) is 0 Å².